The molecular weight excluding hydrogens is 364 g/mol. The quantitative estimate of drug-likeness (QED) is 0.359. The van der Waals surface area contributed by atoms with Gasteiger partial charge >= 0.3 is 0 Å². The van der Waals surface area contributed by atoms with Crippen molar-refractivity contribution in [2.45, 2.75) is 26.3 Å². The maximum Gasteiger partial charge on any atom is 0.269 e. The van der Waals surface area contributed by atoms with E-state index in [9.17, 15) is 14.9 Å². The summed E-state index contributed by atoms with van der Waals surface area (Å²) in [6.45, 7) is 2.85. The second kappa shape index (κ2) is 10.8. The van der Waals surface area contributed by atoms with Gasteiger partial charge in [0.25, 0.3) is 11.6 Å². The van der Waals surface area contributed by atoms with E-state index in [4.69, 9.17) is 14.2 Å². The Bertz CT molecular complexity index is 792. The number of nitro groups is 1. The Balaban J connectivity index is 1.82. The van der Waals surface area contributed by atoms with E-state index in [1.54, 1.807) is 7.11 Å². The zero-order valence-corrected chi connectivity index (χ0v) is 16.0. The highest BCUT2D eigenvalue weighted by Crippen LogP contribution is 2.28. The standard InChI is InChI=1S/C20H24N2O6/c1-3-4-11-27-18-10-5-15(12-19(18)26-2)13-21-20(23)14-28-17-8-6-16(7-9-17)22(24)25/h5-10,12H,3-4,11,13-14H2,1-2H3,(H,21,23). The van der Waals surface area contributed by atoms with Gasteiger partial charge in [-0.3, -0.25) is 14.9 Å². The van der Waals surface area contributed by atoms with E-state index >= 15 is 0 Å². The van der Waals surface area contributed by atoms with E-state index in [-0.39, 0.29) is 18.2 Å². The van der Waals surface area contributed by atoms with Crippen LogP contribution < -0.4 is 19.5 Å². The van der Waals surface area contributed by atoms with Crippen LogP contribution in [0.5, 0.6) is 17.2 Å². The minimum atomic E-state index is -0.495. The van der Waals surface area contributed by atoms with Crippen LogP contribution in [0.15, 0.2) is 42.5 Å². The first-order valence-corrected chi connectivity index (χ1v) is 8.97. The lowest BCUT2D eigenvalue weighted by molar-refractivity contribution is -0.384. The van der Waals surface area contributed by atoms with E-state index in [1.807, 2.05) is 18.2 Å². The van der Waals surface area contributed by atoms with E-state index in [0.717, 1.165) is 18.4 Å². The molecule has 8 heteroatoms. The van der Waals surface area contributed by atoms with Gasteiger partial charge in [0.2, 0.25) is 0 Å². The summed E-state index contributed by atoms with van der Waals surface area (Å²) in [5, 5.41) is 13.4. The molecule has 8 nitrogen and oxygen atoms in total. The molecule has 0 saturated heterocycles. The molecular formula is C20H24N2O6. The van der Waals surface area contributed by atoms with Crippen LogP contribution in [0, 0.1) is 10.1 Å². The number of rotatable bonds is 11. The summed E-state index contributed by atoms with van der Waals surface area (Å²) < 4.78 is 16.4. The van der Waals surface area contributed by atoms with Gasteiger partial charge in [0.1, 0.15) is 5.75 Å². The number of unbranched alkanes of at least 4 members (excludes halogenated alkanes) is 1. The molecule has 0 unspecified atom stereocenters. The molecule has 0 saturated carbocycles. The van der Waals surface area contributed by atoms with Gasteiger partial charge in [0.15, 0.2) is 18.1 Å². The zero-order chi connectivity index (χ0) is 20.4. The highest BCUT2D eigenvalue weighted by atomic mass is 16.6. The van der Waals surface area contributed by atoms with Gasteiger partial charge in [0.05, 0.1) is 18.6 Å². The summed E-state index contributed by atoms with van der Waals surface area (Å²) in [5.74, 6) is 1.37. The molecule has 0 aliphatic carbocycles. The third-order valence-electron chi connectivity index (χ3n) is 3.89. The van der Waals surface area contributed by atoms with Crippen molar-refractivity contribution in [1.82, 2.24) is 5.32 Å². The number of non-ortho nitro benzene ring substituents is 1. The first-order chi connectivity index (χ1) is 13.5. The van der Waals surface area contributed by atoms with Crippen LogP contribution in [-0.4, -0.2) is 31.2 Å². The summed E-state index contributed by atoms with van der Waals surface area (Å²) in [7, 11) is 1.57. The molecule has 0 fully saturated rings. The molecule has 0 bridgehead atoms. The fraction of sp³-hybridized carbons (Fsp3) is 0.350. The lowest BCUT2D eigenvalue weighted by Crippen LogP contribution is -2.28. The maximum atomic E-state index is 12.0. The molecule has 1 N–H and O–H groups in total. The number of methoxy groups -OCH3 is 1. The Hall–Kier alpha value is -3.29. The predicted octanol–water partition coefficient (Wildman–Crippen LogP) is 3.48. The van der Waals surface area contributed by atoms with Crippen LogP contribution in [0.4, 0.5) is 5.69 Å². The molecule has 0 atom stereocenters. The third kappa shape index (κ3) is 6.46. The largest absolute Gasteiger partial charge is 0.493 e. The molecule has 1 amide bonds. The van der Waals surface area contributed by atoms with E-state index in [2.05, 4.69) is 12.2 Å². The van der Waals surface area contributed by atoms with Crippen molar-refractivity contribution >= 4 is 11.6 Å². The van der Waals surface area contributed by atoms with E-state index in [0.29, 0.717) is 30.4 Å². The van der Waals surface area contributed by atoms with E-state index in [1.165, 1.54) is 24.3 Å². The predicted molar refractivity (Wildman–Crippen MR) is 104 cm³/mol. The monoisotopic (exact) mass is 388 g/mol. The minimum absolute atomic E-state index is 0.0344. The maximum absolute atomic E-state index is 12.0. The number of nitrogens with zero attached hydrogens (tertiary/aromatic N) is 1. The van der Waals surface area contributed by atoms with Gasteiger partial charge in [-0.25, -0.2) is 0 Å². The van der Waals surface area contributed by atoms with Crippen LogP contribution in [0.25, 0.3) is 0 Å². The molecule has 0 aromatic heterocycles. The van der Waals surface area contributed by atoms with Crippen LogP contribution in [0.1, 0.15) is 25.3 Å². The third-order valence-corrected chi connectivity index (χ3v) is 3.89. The van der Waals surface area contributed by atoms with Crippen molar-refractivity contribution < 1.29 is 23.9 Å². The van der Waals surface area contributed by atoms with Crippen molar-refractivity contribution in [2.75, 3.05) is 20.3 Å². The topological polar surface area (TPSA) is 99.9 Å². The molecule has 28 heavy (non-hydrogen) atoms. The molecule has 150 valence electrons. The van der Waals surface area contributed by atoms with Crippen LogP contribution in [0.2, 0.25) is 0 Å². The lowest BCUT2D eigenvalue weighted by Gasteiger charge is -2.12. The van der Waals surface area contributed by atoms with Gasteiger partial charge in [-0.1, -0.05) is 19.4 Å². The van der Waals surface area contributed by atoms with Crippen molar-refractivity contribution in [3.63, 3.8) is 0 Å². The molecule has 0 heterocycles. The average Bonchev–Trinajstić information content (AvgIpc) is 2.71. The number of benzene rings is 2. The molecule has 2 aromatic rings. The van der Waals surface area contributed by atoms with Crippen molar-refractivity contribution in [2.24, 2.45) is 0 Å². The summed E-state index contributed by atoms with van der Waals surface area (Å²) in [6.07, 6.45) is 2.02. The Morgan fingerprint density at radius 1 is 1.11 bits per heavy atom. The number of nitrogens with one attached hydrogen (secondary N) is 1. The number of hydrogen-bond acceptors (Lipinski definition) is 6. The van der Waals surface area contributed by atoms with Crippen molar-refractivity contribution in [1.29, 1.82) is 0 Å². The second-order valence-corrected chi connectivity index (χ2v) is 6.00. The summed E-state index contributed by atoms with van der Waals surface area (Å²) in [4.78, 5) is 22.1. The van der Waals surface area contributed by atoms with Crippen LogP contribution in [-0.2, 0) is 11.3 Å². The minimum Gasteiger partial charge on any atom is -0.493 e. The number of ether oxygens (including phenoxy) is 3. The molecule has 0 spiro atoms. The number of hydrogen-bond donors (Lipinski definition) is 1. The molecule has 0 aliphatic rings. The summed E-state index contributed by atoms with van der Waals surface area (Å²) >= 11 is 0. The Morgan fingerprint density at radius 2 is 1.86 bits per heavy atom. The fourth-order valence-electron chi connectivity index (χ4n) is 2.33. The molecule has 0 radical (unpaired) electrons. The molecule has 2 aromatic carbocycles. The first-order valence-electron chi connectivity index (χ1n) is 8.97. The normalized spacial score (nSPS) is 10.2. The summed E-state index contributed by atoms with van der Waals surface area (Å²) in [6, 6.07) is 11.1. The van der Waals surface area contributed by atoms with Crippen LogP contribution >= 0.6 is 0 Å². The number of carbonyl (C=O) groups is 1. The number of amides is 1. The lowest BCUT2D eigenvalue weighted by atomic mass is 10.2. The Labute approximate surface area is 163 Å². The van der Waals surface area contributed by atoms with Gasteiger partial charge in [-0.15, -0.1) is 0 Å². The SMILES string of the molecule is CCCCOc1ccc(CNC(=O)COc2ccc([N+](=O)[O-])cc2)cc1OC. The fourth-order valence-corrected chi connectivity index (χ4v) is 2.33. The zero-order valence-electron chi connectivity index (χ0n) is 16.0. The van der Waals surface area contributed by atoms with Gasteiger partial charge < -0.3 is 19.5 Å². The van der Waals surface area contributed by atoms with E-state index < -0.39 is 4.92 Å². The Morgan fingerprint density at radius 3 is 2.50 bits per heavy atom. The summed E-state index contributed by atoms with van der Waals surface area (Å²) in [5.41, 5.74) is 0.830. The van der Waals surface area contributed by atoms with Crippen molar-refractivity contribution in [3.8, 4) is 17.2 Å². The highest BCUT2D eigenvalue weighted by molar-refractivity contribution is 5.77. The number of carbonyl (C=O) groups excluding carboxylic acids is 1. The first kappa shape index (κ1) is 21.0. The average molecular weight is 388 g/mol. The second-order valence-electron chi connectivity index (χ2n) is 6.00. The van der Waals surface area contributed by atoms with Crippen molar-refractivity contribution in [3.05, 3.63) is 58.1 Å². The molecule has 0 aliphatic heterocycles. The van der Waals surface area contributed by atoms with Gasteiger partial charge in [-0.2, -0.15) is 0 Å². The Kier molecular flexibility index (Phi) is 8.08. The van der Waals surface area contributed by atoms with Gasteiger partial charge in [0, 0.05) is 18.7 Å². The van der Waals surface area contributed by atoms with Gasteiger partial charge in [-0.05, 0) is 36.2 Å². The smallest absolute Gasteiger partial charge is 0.269 e. The molecule has 2 rings (SSSR count). The van der Waals surface area contributed by atoms with Crippen LogP contribution in [0.3, 0.4) is 0 Å². The highest BCUT2D eigenvalue weighted by Gasteiger charge is 2.09. The number of nitro benzene ring substituents is 1.